The van der Waals surface area contributed by atoms with E-state index in [1.807, 2.05) is 6.07 Å². The average molecular weight is 354 g/mol. The first-order valence-corrected chi connectivity index (χ1v) is 7.71. The van der Waals surface area contributed by atoms with Crippen LogP contribution in [-0.2, 0) is 4.79 Å². The Hall–Kier alpha value is -3.55. The van der Waals surface area contributed by atoms with Gasteiger partial charge >= 0.3 is 5.97 Å². The molecule has 0 atom stereocenters. The number of ether oxygens (including phenoxy) is 1. The highest BCUT2D eigenvalue weighted by atomic mass is 16.6. The van der Waals surface area contributed by atoms with Crippen molar-refractivity contribution in [3.63, 3.8) is 0 Å². The lowest BCUT2D eigenvalue weighted by atomic mass is 10.1. The Bertz CT molecular complexity index is 946. The van der Waals surface area contributed by atoms with Gasteiger partial charge in [-0.15, -0.1) is 0 Å². The second-order valence-corrected chi connectivity index (χ2v) is 5.85. The first-order chi connectivity index (χ1) is 12.3. The van der Waals surface area contributed by atoms with Gasteiger partial charge in [-0.2, -0.15) is 0 Å². The molecule has 1 aliphatic rings. The summed E-state index contributed by atoms with van der Waals surface area (Å²) in [5.41, 5.74) is 0.602. The summed E-state index contributed by atoms with van der Waals surface area (Å²) in [6.07, 6.45) is 0. The first-order valence-electron chi connectivity index (χ1n) is 7.71. The van der Waals surface area contributed by atoms with Crippen LogP contribution in [0.3, 0.4) is 0 Å². The molecule has 0 radical (unpaired) electrons. The normalized spacial score (nSPS) is 12.9. The van der Waals surface area contributed by atoms with Crippen LogP contribution in [0.25, 0.3) is 0 Å². The topological polar surface area (TPSA) is 107 Å². The number of nitro groups is 1. The highest BCUT2D eigenvalue weighted by molar-refractivity contribution is 6.24. The number of aryl methyl sites for hydroxylation is 2. The van der Waals surface area contributed by atoms with E-state index in [1.54, 1.807) is 26.0 Å². The predicted octanol–water partition coefficient (Wildman–Crippen LogP) is 2.41. The zero-order chi connectivity index (χ0) is 19.0. The van der Waals surface area contributed by atoms with Crippen LogP contribution in [0.5, 0.6) is 5.75 Å². The molecule has 3 rings (SSSR count). The van der Waals surface area contributed by atoms with Gasteiger partial charge in [0, 0.05) is 6.07 Å². The van der Waals surface area contributed by atoms with Crippen molar-refractivity contribution < 1.29 is 24.0 Å². The minimum Gasteiger partial charge on any atom is -0.425 e. The van der Waals surface area contributed by atoms with Crippen LogP contribution in [0.2, 0.25) is 0 Å². The number of carbonyl (C=O) groups excluding carboxylic acids is 3. The molecule has 0 aromatic heterocycles. The van der Waals surface area contributed by atoms with Gasteiger partial charge in [-0.05, 0) is 31.0 Å². The Kier molecular flexibility index (Phi) is 4.25. The minimum absolute atomic E-state index is 0.0935. The third-order valence-electron chi connectivity index (χ3n) is 4.09. The summed E-state index contributed by atoms with van der Waals surface area (Å²) >= 11 is 0. The molecule has 0 aliphatic carbocycles. The second kappa shape index (κ2) is 6.40. The minimum atomic E-state index is -0.879. The lowest BCUT2D eigenvalue weighted by Crippen LogP contribution is -2.36. The van der Waals surface area contributed by atoms with Crippen molar-refractivity contribution >= 4 is 23.5 Å². The van der Waals surface area contributed by atoms with Crippen molar-refractivity contribution in [3.8, 4) is 5.75 Å². The monoisotopic (exact) mass is 354 g/mol. The van der Waals surface area contributed by atoms with E-state index in [0.717, 1.165) is 17.2 Å². The van der Waals surface area contributed by atoms with E-state index < -0.39 is 34.9 Å². The molecule has 2 amide bonds. The van der Waals surface area contributed by atoms with E-state index >= 15 is 0 Å². The number of imide groups is 1. The SMILES string of the molecule is Cc1cccc(C)c1OC(=O)CN1C(=O)c2cccc([N+](=O)[O-])c2C1=O. The summed E-state index contributed by atoms with van der Waals surface area (Å²) in [4.78, 5) is 48.1. The molecule has 0 unspecified atom stereocenters. The highest BCUT2D eigenvalue weighted by Gasteiger charge is 2.42. The van der Waals surface area contributed by atoms with Crippen molar-refractivity contribution in [2.45, 2.75) is 13.8 Å². The lowest BCUT2D eigenvalue weighted by Gasteiger charge is -2.14. The number of fused-ring (bicyclic) bond motifs is 1. The summed E-state index contributed by atoms with van der Waals surface area (Å²) in [6, 6.07) is 9.12. The highest BCUT2D eigenvalue weighted by Crippen LogP contribution is 2.31. The van der Waals surface area contributed by atoms with Crippen LogP contribution >= 0.6 is 0 Å². The summed E-state index contributed by atoms with van der Waals surface area (Å²) in [5, 5.41) is 11.1. The Morgan fingerprint density at radius 1 is 1.08 bits per heavy atom. The molecule has 1 heterocycles. The van der Waals surface area contributed by atoms with Crippen molar-refractivity contribution in [2.75, 3.05) is 6.54 Å². The van der Waals surface area contributed by atoms with Crippen LogP contribution in [-0.4, -0.2) is 34.2 Å². The third-order valence-corrected chi connectivity index (χ3v) is 4.09. The Morgan fingerprint density at radius 2 is 1.69 bits per heavy atom. The smallest absolute Gasteiger partial charge is 0.331 e. The number of amides is 2. The van der Waals surface area contributed by atoms with E-state index in [9.17, 15) is 24.5 Å². The fourth-order valence-electron chi connectivity index (χ4n) is 2.85. The van der Waals surface area contributed by atoms with Gasteiger partial charge in [0.15, 0.2) is 0 Å². The van der Waals surface area contributed by atoms with Gasteiger partial charge in [-0.25, -0.2) is 4.79 Å². The van der Waals surface area contributed by atoms with Crippen LogP contribution in [0.15, 0.2) is 36.4 Å². The number of para-hydroxylation sites is 1. The van der Waals surface area contributed by atoms with Crippen LogP contribution < -0.4 is 4.74 Å². The molecule has 1 aliphatic heterocycles. The Morgan fingerprint density at radius 3 is 2.31 bits per heavy atom. The van der Waals surface area contributed by atoms with Gasteiger partial charge in [0.25, 0.3) is 17.5 Å². The number of hydrogen-bond acceptors (Lipinski definition) is 6. The fourth-order valence-corrected chi connectivity index (χ4v) is 2.85. The van der Waals surface area contributed by atoms with Crippen LogP contribution in [0.4, 0.5) is 5.69 Å². The number of rotatable bonds is 4. The molecule has 0 fully saturated rings. The van der Waals surface area contributed by atoms with Crippen LogP contribution in [0.1, 0.15) is 31.8 Å². The zero-order valence-corrected chi connectivity index (χ0v) is 14.0. The maximum absolute atomic E-state index is 12.4. The van der Waals surface area contributed by atoms with E-state index in [0.29, 0.717) is 10.6 Å². The maximum atomic E-state index is 12.4. The van der Waals surface area contributed by atoms with E-state index in [-0.39, 0.29) is 11.1 Å². The number of nitrogens with zero attached hydrogens (tertiary/aromatic N) is 2. The van der Waals surface area contributed by atoms with Crippen molar-refractivity contribution in [3.05, 3.63) is 68.8 Å². The first kappa shape index (κ1) is 17.3. The molecule has 0 bridgehead atoms. The molecule has 0 spiro atoms. The number of esters is 1. The number of nitro benzene ring substituents is 1. The van der Waals surface area contributed by atoms with Gasteiger partial charge in [-0.1, -0.05) is 24.3 Å². The molecule has 132 valence electrons. The molecule has 2 aromatic rings. The number of carbonyl (C=O) groups is 3. The molecule has 0 saturated carbocycles. The van der Waals surface area contributed by atoms with Gasteiger partial charge in [0.05, 0.1) is 10.5 Å². The summed E-state index contributed by atoms with van der Waals surface area (Å²) < 4.78 is 5.29. The molecule has 2 aromatic carbocycles. The average Bonchev–Trinajstić information content (AvgIpc) is 2.83. The Labute approximate surface area is 148 Å². The van der Waals surface area contributed by atoms with Gasteiger partial charge in [-0.3, -0.25) is 24.6 Å². The van der Waals surface area contributed by atoms with Crippen molar-refractivity contribution in [1.29, 1.82) is 0 Å². The predicted molar refractivity (Wildman–Crippen MR) is 90.0 cm³/mol. The number of benzene rings is 2. The largest absolute Gasteiger partial charge is 0.425 e. The second-order valence-electron chi connectivity index (χ2n) is 5.85. The molecule has 0 N–H and O–H groups in total. The maximum Gasteiger partial charge on any atom is 0.331 e. The molecule has 8 nitrogen and oxygen atoms in total. The third kappa shape index (κ3) is 2.81. The quantitative estimate of drug-likeness (QED) is 0.274. The summed E-state index contributed by atoms with van der Waals surface area (Å²) in [5.74, 6) is -2.08. The van der Waals surface area contributed by atoms with Gasteiger partial charge in [0.2, 0.25) is 0 Å². The summed E-state index contributed by atoms with van der Waals surface area (Å²) in [6.45, 7) is 2.90. The fraction of sp³-hybridized carbons (Fsp3) is 0.167. The standard InChI is InChI=1S/C18H14N2O6/c1-10-5-3-6-11(2)16(10)26-14(21)9-19-17(22)12-7-4-8-13(20(24)25)15(12)18(19)23/h3-8H,9H2,1-2H3. The van der Waals surface area contributed by atoms with Crippen LogP contribution in [0, 0.1) is 24.0 Å². The van der Waals surface area contributed by atoms with Crippen molar-refractivity contribution in [1.82, 2.24) is 4.90 Å². The van der Waals surface area contributed by atoms with E-state index in [4.69, 9.17) is 4.74 Å². The molecule has 0 saturated heterocycles. The Balaban J connectivity index is 1.84. The van der Waals surface area contributed by atoms with Gasteiger partial charge in [0.1, 0.15) is 17.9 Å². The number of hydrogen-bond donors (Lipinski definition) is 0. The molecular weight excluding hydrogens is 340 g/mol. The molecule has 8 heteroatoms. The van der Waals surface area contributed by atoms with E-state index in [2.05, 4.69) is 0 Å². The molecular formula is C18H14N2O6. The lowest BCUT2D eigenvalue weighted by molar-refractivity contribution is -0.385. The van der Waals surface area contributed by atoms with Gasteiger partial charge < -0.3 is 4.74 Å². The molecule has 26 heavy (non-hydrogen) atoms. The zero-order valence-electron chi connectivity index (χ0n) is 14.0. The summed E-state index contributed by atoms with van der Waals surface area (Å²) in [7, 11) is 0. The van der Waals surface area contributed by atoms with E-state index in [1.165, 1.54) is 12.1 Å². The van der Waals surface area contributed by atoms with Crippen molar-refractivity contribution in [2.24, 2.45) is 0 Å².